The Hall–Kier alpha value is -2.07. The fraction of sp³-hybridized carbons (Fsp3) is 0.250. The first kappa shape index (κ1) is 14.3. The van der Waals surface area contributed by atoms with Crippen LogP contribution in [0, 0.1) is 12.7 Å². The van der Waals surface area contributed by atoms with Gasteiger partial charge in [0.15, 0.2) is 0 Å². The van der Waals surface area contributed by atoms with Gasteiger partial charge in [-0.25, -0.2) is 4.39 Å². The summed E-state index contributed by atoms with van der Waals surface area (Å²) in [4.78, 5) is 0. The summed E-state index contributed by atoms with van der Waals surface area (Å²) in [5.41, 5.74) is 2.17. The molecule has 0 fully saturated rings. The summed E-state index contributed by atoms with van der Waals surface area (Å²) in [7, 11) is 1.58. The molecule has 0 atom stereocenters. The largest absolute Gasteiger partial charge is 0.496 e. The van der Waals surface area contributed by atoms with Crippen molar-refractivity contribution < 1.29 is 19.0 Å². The summed E-state index contributed by atoms with van der Waals surface area (Å²) < 4.78 is 24.1. The van der Waals surface area contributed by atoms with E-state index in [0.29, 0.717) is 23.7 Å². The zero-order valence-corrected chi connectivity index (χ0v) is 11.5. The quantitative estimate of drug-likeness (QED) is 0.911. The van der Waals surface area contributed by atoms with Gasteiger partial charge in [-0.3, -0.25) is 0 Å². The van der Waals surface area contributed by atoms with Gasteiger partial charge in [0.25, 0.3) is 0 Å². The van der Waals surface area contributed by atoms with E-state index in [2.05, 4.69) is 0 Å². The van der Waals surface area contributed by atoms with Crippen molar-refractivity contribution in [2.24, 2.45) is 0 Å². The highest BCUT2D eigenvalue weighted by molar-refractivity contribution is 5.37. The summed E-state index contributed by atoms with van der Waals surface area (Å²) in [5.74, 6) is 1.04. The first-order chi connectivity index (χ1) is 9.63. The average molecular weight is 276 g/mol. The second kappa shape index (κ2) is 6.39. The van der Waals surface area contributed by atoms with Gasteiger partial charge in [-0.15, -0.1) is 0 Å². The number of methoxy groups -OCH3 is 1. The van der Waals surface area contributed by atoms with E-state index in [1.165, 1.54) is 6.07 Å². The Bertz CT molecular complexity index is 596. The van der Waals surface area contributed by atoms with E-state index in [0.717, 1.165) is 11.1 Å². The van der Waals surface area contributed by atoms with Gasteiger partial charge in [0.05, 0.1) is 13.7 Å². The minimum Gasteiger partial charge on any atom is -0.496 e. The van der Waals surface area contributed by atoms with Crippen LogP contribution in [0.3, 0.4) is 0 Å². The third-order valence-corrected chi connectivity index (χ3v) is 3.05. The van der Waals surface area contributed by atoms with Crippen LogP contribution in [0.2, 0.25) is 0 Å². The second-order valence-corrected chi connectivity index (χ2v) is 4.50. The van der Waals surface area contributed by atoms with Crippen LogP contribution in [0.5, 0.6) is 11.5 Å². The predicted octanol–water partition coefficient (Wildman–Crippen LogP) is 3.21. The van der Waals surface area contributed by atoms with E-state index >= 15 is 0 Å². The zero-order chi connectivity index (χ0) is 14.5. The molecule has 0 spiro atoms. The number of benzene rings is 2. The second-order valence-electron chi connectivity index (χ2n) is 4.50. The number of aliphatic hydroxyl groups excluding tert-OH is 1. The van der Waals surface area contributed by atoms with Gasteiger partial charge in [0.2, 0.25) is 0 Å². The molecule has 0 radical (unpaired) electrons. The number of hydrogen-bond donors (Lipinski definition) is 1. The highest BCUT2D eigenvalue weighted by Gasteiger charge is 2.06. The first-order valence-corrected chi connectivity index (χ1v) is 6.29. The zero-order valence-electron chi connectivity index (χ0n) is 11.5. The van der Waals surface area contributed by atoms with E-state index in [1.54, 1.807) is 38.3 Å². The topological polar surface area (TPSA) is 38.7 Å². The molecule has 0 bridgehead atoms. The summed E-state index contributed by atoms with van der Waals surface area (Å²) in [6, 6.07) is 10.0. The molecule has 0 saturated carbocycles. The van der Waals surface area contributed by atoms with Gasteiger partial charge in [-0.05, 0) is 48.4 Å². The van der Waals surface area contributed by atoms with Crippen molar-refractivity contribution in [2.45, 2.75) is 20.1 Å². The molecule has 4 heteroatoms. The molecule has 0 heterocycles. The van der Waals surface area contributed by atoms with Crippen LogP contribution < -0.4 is 9.47 Å². The molecule has 0 aliphatic rings. The fourth-order valence-electron chi connectivity index (χ4n) is 1.91. The standard InChI is InChI=1S/C16H17FO3/c1-11-7-14(4-5-15(11)17)20-10-13-8-12(9-18)3-6-16(13)19-2/h3-8,18H,9-10H2,1-2H3. The van der Waals surface area contributed by atoms with Crippen LogP contribution in [-0.4, -0.2) is 12.2 Å². The minimum atomic E-state index is -0.253. The molecular weight excluding hydrogens is 259 g/mol. The van der Waals surface area contributed by atoms with Crippen molar-refractivity contribution in [1.82, 2.24) is 0 Å². The number of aryl methyl sites for hydroxylation is 1. The van der Waals surface area contributed by atoms with Crippen LogP contribution >= 0.6 is 0 Å². The number of aliphatic hydroxyl groups is 1. The maximum atomic E-state index is 13.2. The van der Waals surface area contributed by atoms with Crippen molar-refractivity contribution in [2.75, 3.05) is 7.11 Å². The van der Waals surface area contributed by atoms with Crippen LogP contribution in [0.25, 0.3) is 0 Å². The monoisotopic (exact) mass is 276 g/mol. The number of halogens is 1. The van der Waals surface area contributed by atoms with Crippen molar-refractivity contribution in [3.05, 3.63) is 58.9 Å². The molecule has 0 aromatic heterocycles. The molecule has 2 aromatic carbocycles. The lowest BCUT2D eigenvalue weighted by Gasteiger charge is -2.12. The summed E-state index contributed by atoms with van der Waals surface area (Å²) >= 11 is 0. The molecular formula is C16H17FO3. The van der Waals surface area contributed by atoms with Crippen molar-refractivity contribution in [3.63, 3.8) is 0 Å². The predicted molar refractivity (Wildman–Crippen MR) is 74.4 cm³/mol. The van der Waals surface area contributed by atoms with E-state index in [9.17, 15) is 4.39 Å². The molecule has 0 amide bonds. The summed E-state index contributed by atoms with van der Waals surface area (Å²) in [6.07, 6.45) is 0. The molecule has 0 unspecified atom stereocenters. The Balaban J connectivity index is 2.15. The Morgan fingerprint density at radius 2 is 1.95 bits per heavy atom. The number of ether oxygens (including phenoxy) is 2. The first-order valence-electron chi connectivity index (χ1n) is 6.29. The van der Waals surface area contributed by atoms with Gasteiger partial charge in [0, 0.05) is 5.56 Å². The SMILES string of the molecule is COc1ccc(CO)cc1COc1ccc(F)c(C)c1. The van der Waals surface area contributed by atoms with E-state index in [1.807, 2.05) is 6.07 Å². The normalized spacial score (nSPS) is 10.4. The fourth-order valence-corrected chi connectivity index (χ4v) is 1.91. The van der Waals surface area contributed by atoms with Gasteiger partial charge >= 0.3 is 0 Å². The highest BCUT2D eigenvalue weighted by Crippen LogP contribution is 2.23. The third-order valence-electron chi connectivity index (χ3n) is 3.05. The van der Waals surface area contributed by atoms with Gasteiger partial charge < -0.3 is 14.6 Å². The minimum absolute atomic E-state index is 0.0351. The molecule has 2 aromatic rings. The molecule has 3 nitrogen and oxygen atoms in total. The molecule has 20 heavy (non-hydrogen) atoms. The molecule has 1 N–H and O–H groups in total. The van der Waals surface area contributed by atoms with Crippen molar-refractivity contribution in [3.8, 4) is 11.5 Å². The molecule has 0 aliphatic heterocycles. The summed E-state index contributed by atoms with van der Waals surface area (Å²) in [6.45, 7) is 1.95. The molecule has 0 aliphatic carbocycles. The van der Waals surface area contributed by atoms with Gasteiger partial charge in [-0.2, -0.15) is 0 Å². The van der Waals surface area contributed by atoms with Crippen LogP contribution in [0.15, 0.2) is 36.4 Å². The van der Waals surface area contributed by atoms with Crippen LogP contribution in [-0.2, 0) is 13.2 Å². The maximum Gasteiger partial charge on any atom is 0.126 e. The van der Waals surface area contributed by atoms with Gasteiger partial charge in [0.1, 0.15) is 23.9 Å². The molecule has 106 valence electrons. The summed E-state index contributed by atoms with van der Waals surface area (Å²) in [5, 5.41) is 9.15. The Morgan fingerprint density at radius 3 is 2.60 bits per heavy atom. The lowest BCUT2D eigenvalue weighted by Crippen LogP contribution is -2.00. The van der Waals surface area contributed by atoms with Crippen molar-refractivity contribution in [1.29, 1.82) is 0 Å². The third kappa shape index (κ3) is 3.27. The van der Waals surface area contributed by atoms with E-state index in [-0.39, 0.29) is 12.4 Å². The number of hydrogen-bond acceptors (Lipinski definition) is 3. The van der Waals surface area contributed by atoms with E-state index < -0.39 is 0 Å². The maximum absolute atomic E-state index is 13.2. The Kier molecular flexibility index (Phi) is 4.58. The average Bonchev–Trinajstić information content (AvgIpc) is 2.48. The Labute approximate surface area is 117 Å². The lowest BCUT2D eigenvalue weighted by atomic mass is 10.1. The van der Waals surface area contributed by atoms with Crippen LogP contribution in [0.4, 0.5) is 4.39 Å². The molecule has 0 saturated heterocycles. The smallest absolute Gasteiger partial charge is 0.126 e. The molecule has 2 rings (SSSR count). The van der Waals surface area contributed by atoms with Crippen LogP contribution in [0.1, 0.15) is 16.7 Å². The van der Waals surface area contributed by atoms with Crippen molar-refractivity contribution >= 4 is 0 Å². The van der Waals surface area contributed by atoms with Gasteiger partial charge in [-0.1, -0.05) is 6.07 Å². The highest BCUT2D eigenvalue weighted by atomic mass is 19.1. The Morgan fingerprint density at radius 1 is 1.15 bits per heavy atom. The lowest BCUT2D eigenvalue weighted by molar-refractivity contribution is 0.278. The van der Waals surface area contributed by atoms with E-state index in [4.69, 9.17) is 14.6 Å². The number of rotatable bonds is 5.